The highest BCUT2D eigenvalue weighted by atomic mass is 35.5. The molecule has 7 nitrogen and oxygen atoms in total. The highest BCUT2D eigenvalue weighted by Gasteiger charge is 2.15. The van der Waals surface area contributed by atoms with E-state index in [9.17, 15) is 9.90 Å². The summed E-state index contributed by atoms with van der Waals surface area (Å²) in [6, 6.07) is 9.92. The summed E-state index contributed by atoms with van der Waals surface area (Å²) in [6.07, 6.45) is 2.00. The van der Waals surface area contributed by atoms with Crippen LogP contribution in [0.4, 0.5) is 5.69 Å². The number of methoxy groups -OCH3 is 2. The van der Waals surface area contributed by atoms with Crippen LogP contribution >= 0.6 is 11.6 Å². The number of benzene rings is 2. The van der Waals surface area contributed by atoms with Crippen LogP contribution in [0.1, 0.15) is 18.9 Å². The number of amides is 1. The summed E-state index contributed by atoms with van der Waals surface area (Å²) in [6.45, 7) is 1.90. The number of rotatable bonds is 8. The Morgan fingerprint density at radius 2 is 1.96 bits per heavy atom. The maximum Gasteiger partial charge on any atom is 0.262 e. The van der Waals surface area contributed by atoms with Gasteiger partial charge < -0.3 is 19.9 Å². The van der Waals surface area contributed by atoms with Gasteiger partial charge in [0.1, 0.15) is 11.8 Å². The Bertz CT molecular complexity index is 809. The van der Waals surface area contributed by atoms with Crippen molar-refractivity contribution in [3.8, 4) is 17.2 Å². The number of hydrogen-bond donors (Lipinski definition) is 3. The zero-order chi connectivity index (χ0) is 19.8. The highest BCUT2D eigenvalue weighted by Crippen LogP contribution is 2.34. The Kier molecular flexibility index (Phi) is 7.31. The van der Waals surface area contributed by atoms with E-state index in [0.717, 1.165) is 11.4 Å². The van der Waals surface area contributed by atoms with Gasteiger partial charge in [-0.15, -0.1) is 0 Å². The molecule has 0 fully saturated rings. The molecule has 2 rings (SSSR count). The largest absolute Gasteiger partial charge is 0.503 e. The molecule has 0 saturated carbocycles. The van der Waals surface area contributed by atoms with E-state index in [-0.39, 0.29) is 22.4 Å². The molecule has 144 valence electrons. The van der Waals surface area contributed by atoms with Gasteiger partial charge in [0.05, 0.1) is 25.5 Å². The van der Waals surface area contributed by atoms with E-state index in [4.69, 9.17) is 21.1 Å². The molecule has 1 amide bonds. The number of phenolic OH excluding ortho intramolecular Hbond substituents is 1. The number of anilines is 1. The fraction of sp³-hybridized carbons (Fsp3) is 0.263. The summed E-state index contributed by atoms with van der Waals surface area (Å²) in [5, 5.41) is 17.0. The molecule has 0 bridgehead atoms. The monoisotopic (exact) mass is 391 g/mol. The van der Waals surface area contributed by atoms with Crippen LogP contribution in [0.5, 0.6) is 17.2 Å². The lowest BCUT2D eigenvalue weighted by Crippen LogP contribution is -2.36. The van der Waals surface area contributed by atoms with Crippen molar-refractivity contribution in [2.75, 3.05) is 19.5 Å². The third kappa shape index (κ3) is 5.52. The van der Waals surface area contributed by atoms with E-state index in [2.05, 4.69) is 15.8 Å². The molecule has 1 atom stereocenters. The van der Waals surface area contributed by atoms with Crippen molar-refractivity contribution < 1.29 is 19.4 Å². The van der Waals surface area contributed by atoms with E-state index in [1.165, 1.54) is 19.4 Å². The molecule has 1 unspecified atom stereocenters. The molecule has 0 heterocycles. The topological polar surface area (TPSA) is 92.2 Å². The minimum Gasteiger partial charge on any atom is -0.503 e. The molecule has 0 aliphatic carbocycles. The van der Waals surface area contributed by atoms with Crippen LogP contribution in [0.25, 0.3) is 0 Å². The fourth-order valence-corrected chi connectivity index (χ4v) is 2.53. The highest BCUT2D eigenvalue weighted by molar-refractivity contribution is 6.32. The van der Waals surface area contributed by atoms with Crippen molar-refractivity contribution in [3.05, 3.63) is 47.0 Å². The summed E-state index contributed by atoms with van der Waals surface area (Å²) >= 11 is 5.93. The molecular formula is C19H22ClN3O4. The van der Waals surface area contributed by atoms with Crippen molar-refractivity contribution in [1.82, 2.24) is 5.43 Å². The summed E-state index contributed by atoms with van der Waals surface area (Å²) < 4.78 is 10.1. The number of ether oxygens (including phenoxy) is 2. The van der Waals surface area contributed by atoms with Crippen molar-refractivity contribution in [2.24, 2.45) is 5.10 Å². The number of halogens is 1. The molecule has 0 aliphatic heterocycles. The van der Waals surface area contributed by atoms with Crippen LogP contribution in [0, 0.1) is 0 Å². The molecule has 3 N–H and O–H groups in total. The normalized spacial score (nSPS) is 11.9. The van der Waals surface area contributed by atoms with Crippen LogP contribution in [-0.2, 0) is 4.79 Å². The van der Waals surface area contributed by atoms with Crippen LogP contribution in [0.15, 0.2) is 41.5 Å². The Labute approximate surface area is 162 Å². The molecule has 2 aromatic carbocycles. The van der Waals surface area contributed by atoms with Gasteiger partial charge in [-0.25, -0.2) is 5.43 Å². The Morgan fingerprint density at radius 3 is 2.56 bits per heavy atom. The lowest BCUT2D eigenvalue weighted by molar-refractivity contribution is -0.121. The van der Waals surface area contributed by atoms with Gasteiger partial charge in [-0.2, -0.15) is 5.10 Å². The molecule has 8 heteroatoms. The van der Waals surface area contributed by atoms with E-state index in [1.54, 1.807) is 13.2 Å². The van der Waals surface area contributed by atoms with Gasteiger partial charge in [-0.1, -0.05) is 18.5 Å². The average Bonchev–Trinajstić information content (AvgIpc) is 2.68. The fourth-order valence-electron chi connectivity index (χ4n) is 2.31. The number of carbonyl (C=O) groups excluding carboxylic acids is 1. The summed E-state index contributed by atoms with van der Waals surface area (Å²) in [4.78, 5) is 12.3. The first-order valence-corrected chi connectivity index (χ1v) is 8.66. The molecule has 0 radical (unpaired) electrons. The molecule has 0 saturated heterocycles. The SMILES string of the molecule is CCC(Nc1ccc(OC)cc1)C(=O)N/N=C/c1cc(Cl)c(O)c(OC)c1. The number of nitrogens with one attached hydrogen (secondary N) is 2. The third-order valence-electron chi connectivity index (χ3n) is 3.81. The predicted molar refractivity (Wildman–Crippen MR) is 106 cm³/mol. The van der Waals surface area contributed by atoms with Crippen LogP contribution < -0.4 is 20.2 Å². The Hall–Kier alpha value is -2.93. The maximum absolute atomic E-state index is 12.3. The van der Waals surface area contributed by atoms with Gasteiger partial charge >= 0.3 is 0 Å². The summed E-state index contributed by atoms with van der Waals surface area (Å²) in [5.41, 5.74) is 3.87. The lowest BCUT2D eigenvalue weighted by atomic mass is 10.2. The minimum absolute atomic E-state index is 0.134. The number of phenols is 1. The Morgan fingerprint density at radius 1 is 1.26 bits per heavy atom. The predicted octanol–water partition coefficient (Wildman–Crippen LogP) is 3.40. The number of hydrogen-bond acceptors (Lipinski definition) is 6. The van der Waals surface area contributed by atoms with Gasteiger partial charge in [0.25, 0.3) is 5.91 Å². The van der Waals surface area contributed by atoms with Gasteiger partial charge in [0, 0.05) is 5.69 Å². The molecular weight excluding hydrogens is 370 g/mol. The quantitative estimate of drug-likeness (QED) is 0.473. The lowest BCUT2D eigenvalue weighted by Gasteiger charge is -2.16. The van der Waals surface area contributed by atoms with Crippen LogP contribution in [0.3, 0.4) is 0 Å². The van der Waals surface area contributed by atoms with Gasteiger partial charge in [-0.05, 0) is 48.4 Å². The molecule has 0 aromatic heterocycles. The van der Waals surface area contributed by atoms with Crippen molar-refractivity contribution in [1.29, 1.82) is 0 Å². The molecule has 2 aromatic rings. The van der Waals surface area contributed by atoms with Gasteiger partial charge in [0.2, 0.25) is 0 Å². The second-order valence-electron chi connectivity index (χ2n) is 5.62. The number of carbonyl (C=O) groups is 1. The number of aromatic hydroxyl groups is 1. The first-order valence-electron chi connectivity index (χ1n) is 8.28. The maximum atomic E-state index is 12.3. The second-order valence-corrected chi connectivity index (χ2v) is 6.03. The van der Waals surface area contributed by atoms with E-state index in [0.29, 0.717) is 12.0 Å². The summed E-state index contributed by atoms with van der Waals surface area (Å²) in [5.74, 6) is 0.546. The zero-order valence-corrected chi connectivity index (χ0v) is 16.1. The first-order chi connectivity index (χ1) is 13.0. The summed E-state index contributed by atoms with van der Waals surface area (Å²) in [7, 11) is 3.02. The second kappa shape index (κ2) is 9.68. The van der Waals surface area contributed by atoms with Crippen molar-refractivity contribution >= 4 is 29.4 Å². The van der Waals surface area contributed by atoms with Gasteiger partial charge in [0.15, 0.2) is 11.5 Å². The van der Waals surface area contributed by atoms with E-state index >= 15 is 0 Å². The molecule has 0 aliphatic rings. The number of nitrogens with zero attached hydrogens (tertiary/aromatic N) is 1. The van der Waals surface area contributed by atoms with Crippen LogP contribution in [-0.4, -0.2) is 37.5 Å². The molecule has 0 spiro atoms. The smallest absolute Gasteiger partial charge is 0.262 e. The Balaban J connectivity index is 1.99. The first kappa shape index (κ1) is 20.4. The van der Waals surface area contributed by atoms with E-state index < -0.39 is 6.04 Å². The third-order valence-corrected chi connectivity index (χ3v) is 4.10. The molecule has 27 heavy (non-hydrogen) atoms. The standard InChI is InChI=1S/C19H22ClN3O4/c1-4-16(22-13-5-7-14(26-2)8-6-13)19(25)23-21-11-12-9-15(20)18(24)17(10-12)27-3/h5-11,16,22,24H,4H2,1-3H3,(H,23,25)/b21-11+. The number of hydrazone groups is 1. The van der Waals surface area contributed by atoms with Crippen molar-refractivity contribution in [3.63, 3.8) is 0 Å². The minimum atomic E-state index is -0.450. The zero-order valence-electron chi connectivity index (χ0n) is 15.3. The van der Waals surface area contributed by atoms with Crippen LogP contribution in [0.2, 0.25) is 5.02 Å². The van der Waals surface area contributed by atoms with Crippen molar-refractivity contribution in [2.45, 2.75) is 19.4 Å². The van der Waals surface area contributed by atoms with Gasteiger partial charge in [-0.3, -0.25) is 4.79 Å². The van der Waals surface area contributed by atoms with E-state index in [1.807, 2.05) is 31.2 Å². The average molecular weight is 392 g/mol.